The molecular formula is C19H16S2. The van der Waals surface area contributed by atoms with Crippen LogP contribution in [0.5, 0.6) is 0 Å². The highest BCUT2D eigenvalue weighted by Crippen LogP contribution is 2.37. The van der Waals surface area contributed by atoms with Crippen molar-refractivity contribution in [1.82, 2.24) is 0 Å². The van der Waals surface area contributed by atoms with Crippen molar-refractivity contribution in [2.45, 2.75) is 26.5 Å². The molecule has 0 radical (unpaired) electrons. The number of hydrogen-bond donors (Lipinski definition) is 0. The first kappa shape index (κ1) is 14.3. The zero-order valence-corrected chi connectivity index (χ0v) is 13.5. The van der Waals surface area contributed by atoms with Crippen molar-refractivity contribution in [3.63, 3.8) is 0 Å². The van der Waals surface area contributed by atoms with Gasteiger partial charge in [0.25, 0.3) is 0 Å². The molecule has 104 valence electrons. The van der Waals surface area contributed by atoms with E-state index in [1.807, 2.05) is 23.5 Å². The van der Waals surface area contributed by atoms with Gasteiger partial charge in [-0.3, -0.25) is 0 Å². The normalized spacial score (nSPS) is 10.5. The summed E-state index contributed by atoms with van der Waals surface area (Å²) in [6.07, 6.45) is 0. The molecule has 0 aromatic heterocycles. The number of rotatable bonds is 4. The standard InChI is InChI=1S/C19H16S2/c1-15-18(20-16-9-4-2-5-10-16)13-8-14-19(15)21-17-11-6-3-7-12-17/h2-14H,1H3. The summed E-state index contributed by atoms with van der Waals surface area (Å²) in [5.41, 5.74) is 1.35. The fourth-order valence-electron chi connectivity index (χ4n) is 2.05. The quantitative estimate of drug-likeness (QED) is 0.555. The van der Waals surface area contributed by atoms with Crippen molar-refractivity contribution in [2.75, 3.05) is 0 Å². The summed E-state index contributed by atoms with van der Waals surface area (Å²) in [4.78, 5) is 5.20. The first-order valence-electron chi connectivity index (χ1n) is 6.88. The Kier molecular flexibility index (Phi) is 4.69. The Labute approximate surface area is 134 Å². The van der Waals surface area contributed by atoms with Crippen LogP contribution in [0, 0.1) is 6.92 Å². The zero-order chi connectivity index (χ0) is 14.5. The predicted octanol–water partition coefficient (Wildman–Crippen LogP) is 6.30. The van der Waals surface area contributed by atoms with E-state index in [2.05, 4.69) is 85.8 Å². The van der Waals surface area contributed by atoms with Crippen LogP contribution in [0.3, 0.4) is 0 Å². The van der Waals surface area contributed by atoms with Gasteiger partial charge < -0.3 is 0 Å². The van der Waals surface area contributed by atoms with Gasteiger partial charge in [0.1, 0.15) is 0 Å². The second kappa shape index (κ2) is 6.88. The highest BCUT2D eigenvalue weighted by Gasteiger charge is 2.07. The van der Waals surface area contributed by atoms with Crippen LogP contribution in [-0.4, -0.2) is 0 Å². The van der Waals surface area contributed by atoms with E-state index in [0.29, 0.717) is 0 Å². The van der Waals surface area contributed by atoms with Crippen molar-refractivity contribution >= 4 is 23.5 Å². The molecule has 0 aliphatic rings. The SMILES string of the molecule is Cc1c(Sc2ccccc2)cccc1Sc1ccccc1. The predicted molar refractivity (Wildman–Crippen MR) is 92.3 cm³/mol. The molecule has 0 aliphatic heterocycles. The molecule has 3 aromatic rings. The van der Waals surface area contributed by atoms with Gasteiger partial charge in [-0.15, -0.1) is 0 Å². The van der Waals surface area contributed by atoms with E-state index in [9.17, 15) is 0 Å². The molecule has 0 spiro atoms. The lowest BCUT2D eigenvalue weighted by Crippen LogP contribution is -1.84. The van der Waals surface area contributed by atoms with Crippen LogP contribution in [0.15, 0.2) is 98.4 Å². The Balaban J connectivity index is 1.85. The van der Waals surface area contributed by atoms with Crippen molar-refractivity contribution in [3.05, 3.63) is 84.4 Å². The lowest BCUT2D eigenvalue weighted by atomic mass is 10.2. The number of benzene rings is 3. The van der Waals surface area contributed by atoms with Crippen LogP contribution in [0.25, 0.3) is 0 Å². The fourth-order valence-corrected chi connectivity index (χ4v) is 4.02. The van der Waals surface area contributed by atoms with Crippen molar-refractivity contribution in [2.24, 2.45) is 0 Å². The lowest BCUT2D eigenvalue weighted by Gasteiger charge is -2.10. The van der Waals surface area contributed by atoms with Crippen molar-refractivity contribution in [1.29, 1.82) is 0 Å². The largest absolute Gasteiger partial charge is 0.0898 e. The van der Waals surface area contributed by atoms with Gasteiger partial charge in [0.05, 0.1) is 0 Å². The third-order valence-electron chi connectivity index (χ3n) is 3.18. The summed E-state index contributed by atoms with van der Waals surface area (Å²) < 4.78 is 0. The Morgan fingerprint density at radius 1 is 0.524 bits per heavy atom. The molecule has 3 aromatic carbocycles. The third-order valence-corrected chi connectivity index (χ3v) is 5.52. The summed E-state index contributed by atoms with van der Waals surface area (Å²) in [6.45, 7) is 2.20. The van der Waals surface area contributed by atoms with Gasteiger partial charge in [-0.1, -0.05) is 66.0 Å². The van der Waals surface area contributed by atoms with Gasteiger partial charge in [-0.2, -0.15) is 0 Å². The van der Waals surface area contributed by atoms with Crippen LogP contribution in [0.2, 0.25) is 0 Å². The minimum Gasteiger partial charge on any atom is -0.0898 e. The van der Waals surface area contributed by atoms with Crippen LogP contribution in [0.4, 0.5) is 0 Å². The minimum absolute atomic E-state index is 1.28. The van der Waals surface area contributed by atoms with E-state index in [4.69, 9.17) is 0 Å². The molecule has 2 heteroatoms. The van der Waals surface area contributed by atoms with E-state index < -0.39 is 0 Å². The molecule has 0 N–H and O–H groups in total. The summed E-state index contributed by atoms with van der Waals surface area (Å²) >= 11 is 3.65. The second-order valence-corrected chi connectivity index (χ2v) is 6.94. The first-order chi connectivity index (χ1) is 10.3. The Morgan fingerprint density at radius 2 is 0.952 bits per heavy atom. The van der Waals surface area contributed by atoms with Gasteiger partial charge in [-0.05, 0) is 48.9 Å². The highest BCUT2D eigenvalue weighted by atomic mass is 32.2. The molecule has 0 atom stereocenters. The Morgan fingerprint density at radius 3 is 1.38 bits per heavy atom. The summed E-state index contributed by atoms with van der Waals surface area (Å²) in [5, 5.41) is 0. The Bertz CT molecular complexity index is 646. The number of hydrogen-bond acceptors (Lipinski definition) is 2. The van der Waals surface area contributed by atoms with Crippen LogP contribution >= 0.6 is 23.5 Å². The van der Waals surface area contributed by atoms with Crippen molar-refractivity contribution in [3.8, 4) is 0 Å². The molecule has 0 heterocycles. The molecule has 0 nitrogen and oxygen atoms in total. The summed E-state index contributed by atoms with van der Waals surface area (Å²) in [5.74, 6) is 0. The smallest absolute Gasteiger partial charge is 0.0162 e. The average Bonchev–Trinajstić information content (AvgIpc) is 2.53. The van der Waals surface area contributed by atoms with Crippen LogP contribution in [-0.2, 0) is 0 Å². The highest BCUT2D eigenvalue weighted by molar-refractivity contribution is 8.00. The van der Waals surface area contributed by atoms with Gasteiger partial charge in [0.2, 0.25) is 0 Å². The van der Waals surface area contributed by atoms with Gasteiger partial charge in [-0.25, -0.2) is 0 Å². The molecule has 0 bridgehead atoms. The monoisotopic (exact) mass is 308 g/mol. The topological polar surface area (TPSA) is 0 Å². The first-order valence-corrected chi connectivity index (χ1v) is 8.51. The molecule has 3 rings (SSSR count). The average molecular weight is 308 g/mol. The van der Waals surface area contributed by atoms with E-state index in [-0.39, 0.29) is 0 Å². The van der Waals surface area contributed by atoms with E-state index in [0.717, 1.165) is 0 Å². The van der Waals surface area contributed by atoms with Crippen molar-refractivity contribution < 1.29 is 0 Å². The summed E-state index contributed by atoms with van der Waals surface area (Å²) in [6, 6.07) is 27.6. The van der Waals surface area contributed by atoms with Gasteiger partial charge in [0, 0.05) is 19.6 Å². The third kappa shape index (κ3) is 3.72. The van der Waals surface area contributed by atoms with E-state index >= 15 is 0 Å². The maximum atomic E-state index is 2.20. The van der Waals surface area contributed by atoms with Crippen LogP contribution < -0.4 is 0 Å². The van der Waals surface area contributed by atoms with E-state index in [1.54, 1.807) is 0 Å². The van der Waals surface area contributed by atoms with Gasteiger partial charge in [0.15, 0.2) is 0 Å². The van der Waals surface area contributed by atoms with Gasteiger partial charge >= 0.3 is 0 Å². The van der Waals surface area contributed by atoms with Crippen LogP contribution in [0.1, 0.15) is 5.56 Å². The second-order valence-electron chi connectivity index (χ2n) is 4.71. The molecule has 0 saturated carbocycles. The summed E-state index contributed by atoms with van der Waals surface area (Å²) in [7, 11) is 0. The molecular weight excluding hydrogens is 292 g/mol. The zero-order valence-electron chi connectivity index (χ0n) is 11.8. The molecule has 0 aliphatic carbocycles. The molecule has 0 fully saturated rings. The Hall–Kier alpha value is -1.64. The van der Waals surface area contributed by atoms with E-state index in [1.165, 1.54) is 25.1 Å². The fraction of sp³-hybridized carbons (Fsp3) is 0.0526. The maximum Gasteiger partial charge on any atom is 0.0162 e. The molecule has 0 unspecified atom stereocenters. The maximum absolute atomic E-state index is 2.20. The molecule has 0 amide bonds. The molecule has 21 heavy (non-hydrogen) atoms. The lowest BCUT2D eigenvalue weighted by molar-refractivity contribution is 1.18. The minimum atomic E-state index is 1.28. The molecule has 0 saturated heterocycles.